The summed E-state index contributed by atoms with van der Waals surface area (Å²) in [4.78, 5) is 5.13. The second kappa shape index (κ2) is 4.83. The average Bonchev–Trinajstić information content (AvgIpc) is 2.12. The van der Waals surface area contributed by atoms with Crippen LogP contribution in [0.1, 0.15) is 17.0 Å². The molecule has 0 aliphatic carbocycles. The van der Waals surface area contributed by atoms with Gasteiger partial charge in [-0.15, -0.1) is 0 Å². The molecule has 1 heterocycles. The van der Waals surface area contributed by atoms with Gasteiger partial charge in [0, 0.05) is 12.7 Å². The van der Waals surface area contributed by atoms with E-state index in [0.29, 0.717) is 11.4 Å². The number of halogens is 3. The van der Waals surface area contributed by atoms with Gasteiger partial charge < -0.3 is 10.6 Å². The summed E-state index contributed by atoms with van der Waals surface area (Å²) in [6, 6.07) is 1.50. The van der Waals surface area contributed by atoms with E-state index in [4.69, 9.17) is 11.1 Å². The first-order chi connectivity index (χ1) is 8.11. The Morgan fingerprint density at radius 3 is 2.44 bits per heavy atom. The topological polar surface area (TPSA) is 66.0 Å². The molecule has 0 saturated heterocycles. The van der Waals surface area contributed by atoms with Gasteiger partial charge in [0.25, 0.3) is 0 Å². The summed E-state index contributed by atoms with van der Waals surface area (Å²) in [5.74, 6) is -0.288. The normalized spacial score (nSPS) is 11.4. The lowest BCUT2D eigenvalue weighted by Gasteiger charge is -2.24. The van der Waals surface area contributed by atoms with Gasteiger partial charge in [0.1, 0.15) is 12.4 Å². The number of nitrogens with two attached hydrogens (primary N) is 1. The Kier molecular flexibility index (Phi) is 3.83. The first-order valence-corrected chi connectivity index (χ1v) is 5.22. The van der Waals surface area contributed by atoms with Gasteiger partial charge in [0.2, 0.25) is 0 Å². The number of hydrogen-bond donors (Lipinski definition) is 2. The number of aryl methyl sites for hydroxylation is 2. The molecule has 3 N–H and O–H groups in total. The molecule has 18 heavy (non-hydrogen) atoms. The molecule has 0 amide bonds. The van der Waals surface area contributed by atoms with Gasteiger partial charge in [-0.25, -0.2) is 0 Å². The quantitative estimate of drug-likeness (QED) is 0.645. The highest BCUT2D eigenvalue weighted by Crippen LogP contribution is 2.26. The van der Waals surface area contributed by atoms with Crippen LogP contribution in [0.2, 0.25) is 0 Å². The number of anilines is 1. The molecule has 0 fully saturated rings. The summed E-state index contributed by atoms with van der Waals surface area (Å²) in [5.41, 5.74) is 6.95. The predicted octanol–water partition coefficient (Wildman–Crippen LogP) is 1.98. The van der Waals surface area contributed by atoms with E-state index in [0.717, 1.165) is 4.90 Å². The fourth-order valence-electron chi connectivity index (χ4n) is 1.80. The van der Waals surface area contributed by atoms with Gasteiger partial charge >= 0.3 is 6.18 Å². The highest BCUT2D eigenvalue weighted by molar-refractivity contribution is 6.01. The molecule has 0 aliphatic rings. The largest absolute Gasteiger partial charge is 0.405 e. The molecule has 1 aromatic rings. The summed E-state index contributed by atoms with van der Waals surface area (Å²) in [7, 11) is 1.31. The Morgan fingerprint density at radius 1 is 1.44 bits per heavy atom. The summed E-state index contributed by atoms with van der Waals surface area (Å²) < 4.78 is 37.2. The molecule has 0 atom stereocenters. The van der Waals surface area contributed by atoms with E-state index >= 15 is 0 Å². The molecule has 0 saturated carbocycles. The molecule has 4 nitrogen and oxygen atoms in total. The molecule has 7 heteroatoms. The van der Waals surface area contributed by atoms with Gasteiger partial charge in [0.05, 0.1) is 16.9 Å². The Labute approximate surface area is 103 Å². The number of hydrogen-bond acceptors (Lipinski definition) is 3. The van der Waals surface area contributed by atoms with Crippen molar-refractivity contribution in [2.24, 2.45) is 5.73 Å². The number of nitrogens with one attached hydrogen (secondary N) is 1. The number of pyridine rings is 1. The van der Waals surface area contributed by atoms with Gasteiger partial charge in [0.15, 0.2) is 0 Å². The molecule has 1 aromatic heterocycles. The van der Waals surface area contributed by atoms with Crippen LogP contribution in [-0.4, -0.2) is 30.6 Å². The average molecular weight is 260 g/mol. The predicted molar refractivity (Wildman–Crippen MR) is 64.1 cm³/mol. The van der Waals surface area contributed by atoms with E-state index in [1.807, 2.05) is 0 Å². The fourth-order valence-corrected chi connectivity index (χ4v) is 1.80. The Bertz CT molecular complexity index is 468. The molecule has 100 valence electrons. The highest BCUT2D eigenvalue weighted by Gasteiger charge is 2.30. The van der Waals surface area contributed by atoms with E-state index in [-0.39, 0.29) is 17.1 Å². The smallest absolute Gasteiger partial charge is 0.384 e. The third-order valence-corrected chi connectivity index (χ3v) is 2.40. The lowest BCUT2D eigenvalue weighted by Crippen LogP contribution is -2.33. The van der Waals surface area contributed by atoms with E-state index < -0.39 is 12.7 Å². The van der Waals surface area contributed by atoms with Crippen LogP contribution in [0.15, 0.2) is 6.07 Å². The second-order valence-corrected chi connectivity index (χ2v) is 4.13. The Morgan fingerprint density at radius 2 is 2.00 bits per heavy atom. The van der Waals surface area contributed by atoms with E-state index in [2.05, 4.69) is 4.98 Å². The molecule has 0 aliphatic heterocycles. The number of aromatic nitrogens is 1. The zero-order valence-corrected chi connectivity index (χ0v) is 10.4. The molecular weight excluding hydrogens is 245 g/mol. The summed E-state index contributed by atoms with van der Waals surface area (Å²) in [5, 5.41) is 7.44. The van der Waals surface area contributed by atoms with Crippen LogP contribution in [-0.2, 0) is 0 Å². The maximum atomic E-state index is 12.4. The van der Waals surface area contributed by atoms with Crippen molar-refractivity contribution in [3.8, 4) is 0 Å². The summed E-state index contributed by atoms with van der Waals surface area (Å²) in [6.07, 6.45) is -4.31. The van der Waals surface area contributed by atoms with Crippen molar-refractivity contribution in [1.29, 1.82) is 5.41 Å². The lowest BCUT2D eigenvalue weighted by molar-refractivity contribution is -0.119. The highest BCUT2D eigenvalue weighted by atomic mass is 19.4. The van der Waals surface area contributed by atoms with Gasteiger partial charge in [-0.05, 0) is 19.9 Å². The number of nitrogens with zero attached hydrogens (tertiary/aromatic N) is 2. The van der Waals surface area contributed by atoms with E-state index in [1.165, 1.54) is 13.1 Å². The van der Waals surface area contributed by atoms with Crippen molar-refractivity contribution in [3.05, 3.63) is 23.0 Å². The number of amidine groups is 1. The minimum absolute atomic E-state index is 0.243. The third kappa shape index (κ3) is 3.35. The summed E-state index contributed by atoms with van der Waals surface area (Å²) >= 11 is 0. The Balaban J connectivity index is 3.26. The Hall–Kier alpha value is -1.79. The number of nitrogen functional groups attached to an aromatic ring is 1. The van der Waals surface area contributed by atoms with Gasteiger partial charge in [-0.3, -0.25) is 10.4 Å². The van der Waals surface area contributed by atoms with Crippen LogP contribution >= 0.6 is 0 Å². The molecule has 0 bridgehead atoms. The van der Waals surface area contributed by atoms with Crippen molar-refractivity contribution in [1.82, 2.24) is 4.98 Å². The molecule has 0 radical (unpaired) electrons. The van der Waals surface area contributed by atoms with E-state index in [9.17, 15) is 13.2 Å². The van der Waals surface area contributed by atoms with Crippen molar-refractivity contribution >= 4 is 11.5 Å². The minimum atomic E-state index is -4.31. The van der Waals surface area contributed by atoms with Crippen LogP contribution in [0.25, 0.3) is 0 Å². The maximum Gasteiger partial charge on any atom is 0.405 e. The monoisotopic (exact) mass is 260 g/mol. The molecule has 0 unspecified atom stereocenters. The van der Waals surface area contributed by atoms with Crippen LogP contribution < -0.4 is 10.6 Å². The third-order valence-electron chi connectivity index (χ3n) is 2.40. The number of alkyl halides is 3. The van der Waals surface area contributed by atoms with Crippen LogP contribution in [0.4, 0.5) is 18.9 Å². The first kappa shape index (κ1) is 14.3. The first-order valence-electron chi connectivity index (χ1n) is 5.22. The molecular formula is C11H15F3N4. The minimum Gasteiger partial charge on any atom is -0.384 e. The summed E-state index contributed by atoms with van der Waals surface area (Å²) in [6.45, 7) is 2.20. The maximum absolute atomic E-state index is 12.4. The van der Waals surface area contributed by atoms with Crippen molar-refractivity contribution in [3.63, 3.8) is 0 Å². The van der Waals surface area contributed by atoms with Crippen molar-refractivity contribution < 1.29 is 13.2 Å². The van der Waals surface area contributed by atoms with Gasteiger partial charge in [-0.1, -0.05) is 0 Å². The number of rotatable bonds is 3. The van der Waals surface area contributed by atoms with Crippen LogP contribution in [0, 0.1) is 19.3 Å². The SMILES string of the molecule is Cc1cc(N(C)CC(F)(F)F)c(C(=N)N)c(C)n1. The molecule has 0 spiro atoms. The van der Waals surface area contributed by atoms with Crippen molar-refractivity contribution in [2.45, 2.75) is 20.0 Å². The second-order valence-electron chi connectivity index (χ2n) is 4.13. The fraction of sp³-hybridized carbons (Fsp3) is 0.455. The lowest BCUT2D eigenvalue weighted by atomic mass is 10.1. The zero-order valence-electron chi connectivity index (χ0n) is 10.4. The van der Waals surface area contributed by atoms with Crippen LogP contribution in [0.3, 0.4) is 0 Å². The van der Waals surface area contributed by atoms with Gasteiger partial charge in [-0.2, -0.15) is 13.2 Å². The molecule has 1 rings (SSSR count). The molecule has 0 aromatic carbocycles. The van der Waals surface area contributed by atoms with Crippen LogP contribution in [0.5, 0.6) is 0 Å². The van der Waals surface area contributed by atoms with Crippen molar-refractivity contribution in [2.75, 3.05) is 18.5 Å². The standard InChI is InChI=1S/C11H15F3N4/c1-6-4-8(18(3)5-11(12,13)14)9(10(15)16)7(2)17-6/h4H,5H2,1-3H3,(H3,15,16). The zero-order chi connectivity index (χ0) is 14.1. The van der Waals surface area contributed by atoms with E-state index in [1.54, 1.807) is 13.8 Å².